The Bertz CT molecular complexity index is 1200. The van der Waals surface area contributed by atoms with Crippen molar-refractivity contribution in [2.75, 3.05) is 11.4 Å². The van der Waals surface area contributed by atoms with Gasteiger partial charge in [-0.1, -0.05) is 29.8 Å². The first-order chi connectivity index (χ1) is 14.7. The summed E-state index contributed by atoms with van der Waals surface area (Å²) in [4.78, 5) is 16.0. The number of para-hydroxylation sites is 1. The Morgan fingerprint density at radius 3 is 2.87 bits per heavy atom. The lowest BCUT2D eigenvalue weighted by atomic mass is 10.0. The highest BCUT2D eigenvalue weighted by molar-refractivity contribution is 6.30. The fraction of sp³-hybridized carbons (Fsp3) is 0.211. The summed E-state index contributed by atoms with van der Waals surface area (Å²) < 4.78 is 1.47. The molecule has 1 amide bonds. The molecule has 10 nitrogen and oxygen atoms in total. The van der Waals surface area contributed by atoms with Crippen molar-refractivity contribution in [2.45, 2.75) is 19.4 Å². The van der Waals surface area contributed by atoms with Crippen molar-refractivity contribution in [2.24, 2.45) is 0 Å². The molecular formula is C19H16ClN9O. The van der Waals surface area contributed by atoms with E-state index in [4.69, 9.17) is 11.6 Å². The van der Waals surface area contributed by atoms with Gasteiger partial charge in [-0.25, -0.2) is 0 Å². The van der Waals surface area contributed by atoms with Crippen molar-refractivity contribution in [3.05, 3.63) is 59.4 Å². The minimum Gasteiger partial charge on any atom is -0.310 e. The number of aryl methyl sites for hydroxylation is 1. The molecule has 11 heteroatoms. The van der Waals surface area contributed by atoms with Gasteiger partial charge in [0.15, 0.2) is 0 Å². The van der Waals surface area contributed by atoms with Crippen molar-refractivity contribution in [3.8, 4) is 17.1 Å². The molecule has 30 heavy (non-hydrogen) atoms. The number of carbonyl (C=O) groups is 1. The normalized spacial score (nSPS) is 13.3. The standard InChI is InChI=1S/C19H16ClN9O/c20-14-7-8-15(17(10-14)28-12-21-24-26-28)19-22-25-29(23-19)11-18(30)27-9-3-5-13-4-1-2-6-16(13)27/h1-2,4,6-8,10,12H,3,5,9,11H2. The topological polar surface area (TPSA) is 108 Å². The average Bonchev–Trinajstić information content (AvgIpc) is 3.45. The SMILES string of the molecule is O=C(Cn1nnc(-c2ccc(Cl)cc2-n2cnnn2)n1)N1CCCc2ccccc21. The van der Waals surface area contributed by atoms with Crippen LogP contribution in [-0.4, -0.2) is 52.9 Å². The van der Waals surface area contributed by atoms with Gasteiger partial charge in [-0.3, -0.25) is 4.79 Å². The van der Waals surface area contributed by atoms with Gasteiger partial charge < -0.3 is 4.90 Å². The summed E-state index contributed by atoms with van der Waals surface area (Å²) in [5.41, 5.74) is 3.39. The van der Waals surface area contributed by atoms with Crippen LogP contribution in [0.4, 0.5) is 5.69 Å². The summed E-state index contributed by atoms with van der Waals surface area (Å²) in [6, 6.07) is 13.2. The highest BCUT2D eigenvalue weighted by atomic mass is 35.5. The predicted molar refractivity (Wildman–Crippen MR) is 108 cm³/mol. The van der Waals surface area contributed by atoms with Crippen molar-refractivity contribution >= 4 is 23.2 Å². The van der Waals surface area contributed by atoms with Crippen LogP contribution in [0.3, 0.4) is 0 Å². The van der Waals surface area contributed by atoms with Crippen molar-refractivity contribution in [1.82, 2.24) is 40.4 Å². The van der Waals surface area contributed by atoms with Crippen LogP contribution >= 0.6 is 11.6 Å². The number of rotatable bonds is 4. The number of hydrogen-bond donors (Lipinski definition) is 0. The van der Waals surface area contributed by atoms with E-state index >= 15 is 0 Å². The number of amides is 1. The first-order valence-corrected chi connectivity index (χ1v) is 9.76. The Morgan fingerprint density at radius 2 is 2.00 bits per heavy atom. The lowest BCUT2D eigenvalue weighted by Crippen LogP contribution is -2.38. The van der Waals surface area contributed by atoms with Crippen LogP contribution in [0.15, 0.2) is 48.8 Å². The molecule has 0 saturated carbocycles. The second-order valence-electron chi connectivity index (χ2n) is 6.84. The highest BCUT2D eigenvalue weighted by Crippen LogP contribution is 2.28. The molecule has 1 aliphatic rings. The Kier molecular flexibility index (Phi) is 4.68. The van der Waals surface area contributed by atoms with Gasteiger partial charge >= 0.3 is 0 Å². The number of tetrazole rings is 2. The van der Waals surface area contributed by atoms with Gasteiger partial charge in [0.25, 0.3) is 5.91 Å². The largest absolute Gasteiger partial charge is 0.310 e. The van der Waals surface area contributed by atoms with Crippen LogP contribution in [0.1, 0.15) is 12.0 Å². The average molecular weight is 422 g/mol. The van der Waals surface area contributed by atoms with Gasteiger partial charge in [-0.05, 0) is 58.3 Å². The number of aromatic nitrogens is 8. The summed E-state index contributed by atoms with van der Waals surface area (Å²) in [5, 5.41) is 24.3. The van der Waals surface area contributed by atoms with Crippen LogP contribution in [0, 0.1) is 0 Å². The molecule has 0 radical (unpaired) electrons. The number of carbonyl (C=O) groups excluding carboxylic acids is 1. The minimum atomic E-state index is -0.0806. The number of nitrogens with zero attached hydrogens (tertiary/aromatic N) is 9. The second kappa shape index (κ2) is 7.64. The molecule has 0 fully saturated rings. The third-order valence-corrected chi connectivity index (χ3v) is 5.17. The van der Waals surface area contributed by atoms with E-state index in [-0.39, 0.29) is 12.5 Å². The monoisotopic (exact) mass is 421 g/mol. The first kappa shape index (κ1) is 18.4. The molecule has 1 aliphatic heterocycles. The Labute approximate surface area is 176 Å². The van der Waals surface area contributed by atoms with Crippen LogP contribution in [0.25, 0.3) is 17.1 Å². The van der Waals surface area contributed by atoms with E-state index in [9.17, 15) is 4.79 Å². The van der Waals surface area contributed by atoms with Gasteiger partial charge in [-0.15, -0.1) is 15.3 Å². The zero-order valence-electron chi connectivity index (χ0n) is 15.8. The molecule has 3 heterocycles. The third kappa shape index (κ3) is 3.41. The van der Waals surface area contributed by atoms with Crippen LogP contribution in [0.5, 0.6) is 0 Å². The van der Waals surface area contributed by atoms with E-state index in [0.29, 0.717) is 28.6 Å². The Hall–Kier alpha value is -3.66. The van der Waals surface area contributed by atoms with E-state index < -0.39 is 0 Å². The molecule has 0 saturated heterocycles. The van der Waals surface area contributed by atoms with Crippen molar-refractivity contribution in [1.29, 1.82) is 0 Å². The molecular weight excluding hydrogens is 406 g/mol. The molecule has 5 rings (SSSR count). The number of anilines is 1. The van der Waals surface area contributed by atoms with Gasteiger partial charge in [0.2, 0.25) is 5.82 Å². The number of fused-ring (bicyclic) bond motifs is 1. The van der Waals surface area contributed by atoms with Crippen LogP contribution in [0.2, 0.25) is 5.02 Å². The van der Waals surface area contributed by atoms with Gasteiger partial charge in [0, 0.05) is 22.8 Å². The molecule has 0 aliphatic carbocycles. The smallest absolute Gasteiger partial charge is 0.250 e. The number of hydrogen-bond acceptors (Lipinski definition) is 7. The molecule has 150 valence electrons. The Morgan fingerprint density at radius 1 is 1.10 bits per heavy atom. The zero-order valence-corrected chi connectivity index (χ0v) is 16.5. The van der Waals surface area contributed by atoms with E-state index in [1.54, 1.807) is 23.1 Å². The minimum absolute atomic E-state index is 0.00482. The van der Waals surface area contributed by atoms with Crippen molar-refractivity contribution < 1.29 is 4.79 Å². The Balaban J connectivity index is 1.41. The quantitative estimate of drug-likeness (QED) is 0.495. The van der Waals surface area contributed by atoms with Crippen LogP contribution < -0.4 is 4.90 Å². The summed E-state index contributed by atoms with van der Waals surface area (Å²) in [6.07, 6.45) is 3.36. The third-order valence-electron chi connectivity index (χ3n) is 4.94. The summed E-state index contributed by atoms with van der Waals surface area (Å²) in [6.45, 7) is 0.674. The molecule has 0 spiro atoms. The zero-order chi connectivity index (χ0) is 20.5. The molecule has 0 atom stereocenters. The number of halogens is 1. The molecule has 0 unspecified atom stereocenters. The summed E-state index contributed by atoms with van der Waals surface area (Å²) in [5.74, 6) is 0.270. The van der Waals surface area contributed by atoms with Gasteiger partial charge in [-0.2, -0.15) is 9.48 Å². The first-order valence-electron chi connectivity index (χ1n) is 9.38. The predicted octanol–water partition coefficient (Wildman–Crippen LogP) is 1.95. The maximum Gasteiger partial charge on any atom is 0.250 e. The molecule has 2 aromatic heterocycles. The maximum atomic E-state index is 12.9. The molecule has 4 aromatic rings. The van der Waals surface area contributed by atoms with E-state index in [1.807, 2.05) is 18.2 Å². The lowest BCUT2D eigenvalue weighted by molar-refractivity contribution is -0.119. The van der Waals surface area contributed by atoms with Crippen molar-refractivity contribution in [3.63, 3.8) is 0 Å². The fourth-order valence-electron chi connectivity index (χ4n) is 3.57. The second-order valence-corrected chi connectivity index (χ2v) is 7.27. The fourth-order valence-corrected chi connectivity index (χ4v) is 3.74. The molecule has 0 N–H and O–H groups in total. The summed E-state index contributed by atoms with van der Waals surface area (Å²) >= 11 is 6.13. The molecule has 0 bridgehead atoms. The van der Waals surface area contributed by atoms with Gasteiger partial charge in [0.05, 0.1) is 5.69 Å². The highest BCUT2D eigenvalue weighted by Gasteiger charge is 2.23. The lowest BCUT2D eigenvalue weighted by Gasteiger charge is -2.29. The maximum absolute atomic E-state index is 12.9. The van der Waals surface area contributed by atoms with E-state index in [0.717, 1.165) is 18.5 Å². The summed E-state index contributed by atoms with van der Waals surface area (Å²) in [7, 11) is 0. The van der Waals surface area contributed by atoms with E-state index in [2.05, 4.69) is 37.0 Å². The van der Waals surface area contributed by atoms with E-state index in [1.165, 1.54) is 21.4 Å². The van der Waals surface area contributed by atoms with Gasteiger partial charge in [0.1, 0.15) is 12.9 Å². The molecule has 2 aromatic carbocycles. The number of benzene rings is 2. The van der Waals surface area contributed by atoms with Crippen LogP contribution in [-0.2, 0) is 17.8 Å².